The van der Waals surface area contributed by atoms with Gasteiger partial charge in [0.15, 0.2) is 5.01 Å². The number of amides is 3. The maximum Gasteiger partial charge on any atom is 0.261 e. The van der Waals surface area contributed by atoms with Crippen LogP contribution in [0.1, 0.15) is 36.6 Å². The molecule has 1 aliphatic rings. The lowest BCUT2D eigenvalue weighted by molar-refractivity contribution is 0.0642. The summed E-state index contributed by atoms with van der Waals surface area (Å²) in [6.45, 7) is 0.133. The summed E-state index contributed by atoms with van der Waals surface area (Å²) in [5.41, 5.74) is 1.54. The number of imide groups is 1. The molecule has 8 nitrogen and oxygen atoms in total. The van der Waals surface area contributed by atoms with Gasteiger partial charge in [-0.15, -0.1) is 21.5 Å². The Morgan fingerprint density at radius 2 is 1.82 bits per heavy atom. The molecule has 3 amide bonds. The first-order valence-electron chi connectivity index (χ1n) is 9.85. The number of carbonyl (C=O) groups excluding carboxylic acids is 3. The van der Waals surface area contributed by atoms with Gasteiger partial charge >= 0.3 is 0 Å². The van der Waals surface area contributed by atoms with Crippen LogP contribution in [0.2, 0.25) is 0 Å². The third-order valence-electron chi connectivity index (χ3n) is 5.11. The molecule has 0 bridgehead atoms. The Hall–Kier alpha value is -3.89. The van der Waals surface area contributed by atoms with E-state index in [4.69, 9.17) is 4.74 Å². The molecular formula is C23H16N4O4S2. The van der Waals surface area contributed by atoms with Gasteiger partial charge in [0.25, 0.3) is 17.7 Å². The third-order valence-corrected chi connectivity index (χ3v) is 6.99. The number of benzene rings is 2. The zero-order valence-corrected chi connectivity index (χ0v) is 18.9. The van der Waals surface area contributed by atoms with Crippen molar-refractivity contribution in [1.29, 1.82) is 0 Å². The fourth-order valence-electron chi connectivity index (χ4n) is 3.43. The molecule has 0 aliphatic carbocycles. The number of thiophene rings is 1. The van der Waals surface area contributed by atoms with Gasteiger partial charge < -0.3 is 4.74 Å². The van der Waals surface area contributed by atoms with Crippen LogP contribution in [0, 0.1) is 0 Å². The molecule has 0 fully saturated rings. The van der Waals surface area contributed by atoms with Gasteiger partial charge in [-0.05, 0) is 47.3 Å². The van der Waals surface area contributed by atoms with Gasteiger partial charge in [-0.2, -0.15) is 0 Å². The van der Waals surface area contributed by atoms with Crippen LogP contribution in [0.15, 0.2) is 60.0 Å². The summed E-state index contributed by atoms with van der Waals surface area (Å²) in [6.07, 6.45) is 0. The number of anilines is 1. The van der Waals surface area contributed by atoms with Crippen molar-refractivity contribution < 1.29 is 19.1 Å². The molecule has 0 spiro atoms. The van der Waals surface area contributed by atoms with Gasteiger partial charge in [0.05, 0.1) is 29.7 Å². The van der Waals surface area contributed by atoms with E-state index in [1.807, 2.05) is 17.5 Å². The Labute approximate surface area is 196 Å². The van der Waals surface area contributed by atoms with Crippen LogP contribution in [0.3, 0.4) is 0 Å². The number of ether oxygens (including phenoxy) is 1. The van der Waals surface area contributed by atoms with Crippen molar-refractivity contribution in [2.24, 2.45) is 0 Å². The molecule has 2 aromatic heterocycles. The molecule has 5 rings (SSSR count). The Balaban J connectivity index is 1.32. The van der Waals surface area contributed by atoms with Crippen LogP contribution < -0.4 is 10.1 Å². The molecule has 10 heteroatoms. The Bertz CT molecular complexity index is 1360. The van der Waals surface area contributed by atoms with Crippen LogP contribution in [0.25, 0.3) is 9.88 Å². The fourth-order valence-corrected chi connectivity index (χ4v) is 4.96. The quantitative estimate of drug-likeness (QED) is 0.416. The number of methoxy groups -OCH3 is 1. The molecule has 0 radical (unpaired) electrons. The molecule has 0 unspecified atom stereocenters. The summed E-state index contributed by atoms with van der Waals surface area (Å²) >= 11 is 2.80. The van der Waals surface area contributed by atoms with E-state index in [0.29, 0.717) is 15.9 Å². The smallest absolute Gasteiger partial charge is 0.261 e. The number of hydrogen-bond acceptors (Lipinski definition) is 8. The van der Waals surface area contributed by atoms with E-state index in [1.165, 1.54) is 45.8 Å². The predicted molar refractivity (Wildman–Crippen MR) is 125 cm³/mol. The minimum atomic E-state index is -0.434. The molecule has 0 atom stereocenters. The lowest BCUT2D eigenvalue weighted by Gasteiger charge is -2.14. The van der Waals surface area contributed by atoms with Gasteiger partial charge in [-0.1, -0.05) is 29.5 Å². The second kappa shape index (κ2) is 8.57. The van der Waals surface area contributed by atoms with Crippen molar-refractivity contribution in [2.75, 3.05) is 12.4 Å². The number of aromatic nitrogens is 2. The first-order valence-corrected chi connectivity index (χ1v) is 11.5. The number of hydrogen-bond donors (Lipinski definition) is 1. The van der Waals surface area contributed by atoms with Gasteiger partial charge in [0.2, 0.25) is 5.13 Å². The third kappa shape index (κ3) is 4.01. The van der Waals surface area contributed by atoms with Crippen molar-refractivity contribution in [3.05, 3.63) is 82.2 Å². The van der Waals surface area contributed by atoms with Crippen LogP contribution in [-0.4, -0.2) is 39.9 Å². The summed E-state index contributed by atoms with van der Waals surface area (Å²) in [5.74, 6) is -0.561. The monoisotopic (exact) mass is 476 g/mol. The van der Waals surface area contributed by atoms with E-state index in [9.17, 15) is 14.4 Å². The molecule has 0 saturated carbocycles. The van der Waals surface area contributed by atoms with Crippen molar-refractivity contribution >= 4 is 45.5 Å². The fraction of sp³-hybridized carbons (Fsp3) is 0.0870. The minimum Gasteiger partial charge on any atom is -0.497 e. The largest absolute Gasteiger partial charge is 0.497 e. The van der Waals surface area contributed by atoms with Crippen molar-refractivity contribution in [1.82, 2.24) is 15.1 Å². The maximum absolute atomic E-state index is 12.9. The average Bonchev–Trinajstić information content (AvgIpc) is 3.57. The molecule has 1 aliphatic heterocycles. The normalized spacial score (nSPS) is 12.7. The van der Waals surface area contributed by atoms with Crippen LogP contribution in [0.4, 0.5) is 5.13 Å². The van der Waals surface area contributed by atoms with Crippen LogP contribution in [0.5, 0.6) is 5.75 Å². The Morgan fingerprint density at radius 1 is 1.03 bits per heavy atom. The standard InChI is InChI=1S/C23H16N4O4S2/c1-31-15-7-4-13(5-8-15)12-27-21(29)16-9-6-14(11-17(16)22(27)30)19(28)24-23-26-25-20(33-23)18-3-2-10-32-18/h2-11H,12H2,1H3,(H,24,26,28). The maximum atomic E-state index is 12.9. The van der Waals surface area contributed by atoms with E-state index in [1.54, 1.807) is 31.4 Å². The highest BCUT2D eigenvalue weighted by Crippen LogP contribution is 2.30. The molecule has 33 heavy (non-hydrogen) atoms. The van der Waals surface area contributed by atoms with Crippen LogP contribution in [-0.2, 0) is 6.54 Å². The van der Waals surface area contributed by atoms with Gasteiger partial charge in [0.1, 0.15) is 5.75 Å². The van der Waals surface area contributed by atoms with Crippen molar-refractivity contribution in [2.45, 2.75) is 6.54 Å². The molecule has 164 valence electrons. The van der Waals surface area contributed by atoms with Gasteiger partial charge in [-0.25, -0.2) is 0 Å². The molecule has 2 aromatic carbocycles. The van der Waals surface area contributed by atoms with Crippen LogP contribution >= 0.6 is 22.7 Å². The summed E-state index contributed by atoms with van der Waals surface area (Å²) in [5, 5.41) is 13.8. The SMILES string of the molecule is COc1ccc(CN2C(=O)c3ccc(C(=O)Nc4nnc(-c5cccs5)s4)cc3C2=O)cc1. The number of nitrogens with one attached hydrogen (secondary N) is 1. The highest BCUT2D eigenvalue weighted by atomic mass is 32.1. The second-order valence-corrected chi connectivity index (χ2v) is 9.07. The Kier molecular flexibility index (Phi) is 5.45. The van der Waals surface area contributed by atoms with Crippen molar-refractivity contribution in [3.8, 4) is 15.6 Å². The van der Waals surface area contributed by atoms with E-state index >= 15 is 0 Å². The minimum absolute atomic E-state index is 0.133. The highest BCUT2D eigenvalue weighted by Gasteiger charge is 2.36. The lowest BCUT2D eigenvalue weighted by Crippen LogP contribution is -2.29. The van der Waals surface area contributed by atoms with Gasteiger partial charge in [0, 0.05) is 5.56 Å². The lowest BCUT2D eigenvalue weighted by atomic mass is 10.1. The number of rotatable bonds is 6. The van der Waals surface area contributed by atoms with Gasteiger partial charge in [-0.3, -0.25) is 24.6 Å². The average molecular weight is 477 g/mol. The topological polar surface area (TPSA) is 101 Å². The van der Waals surface area contributed by atoms with E-state index < -0.39 is 11.8 Å². The first-order chi connectivity index (χ1) is 16.0. The number of nitrogens with zero attached hydrogens (tertiary/aromatic N) is 3. The number of carbonyl (C=O) groups is 3. The van der Waals surface area contributed by atoms with E-state index in [0.717, 1.165) is 10.4 Å². The van der Waals surface area contributed by atoms with E-state index in [2.05, 4.69) is 15.5 Å². The Morgan fingerprint density at radius 3 is 2.55 bits per heavy atom. The molecule has 1 N–H and O–H groups in total. The molecule has 4 aromatic rings. The highest BCUT2D eigenvalue weighted by molar-refractivity contribution is 7.23. The molecule has 0 saturated heterocycles. The second-order valence-electron chi connectivity index (χ2n) is 7.15. The van der Waals surface area contributed by atoms with E-state index in [-0.39, 0.29) is 29.1 Å². The number of fused-ring (bicyclic) bond motifs is 1. The summed E-state index contributed by atoms with van der Waals surface area (Å²) < 4.78 is 5.14. The zero-order valence-electron chi connectivity index (χ0n) is 17.3. The van der Waals surface area contributed by atoms with Crippen molar-refractivity contribution in [3.63, 3.8) is 0 Å². The summed E-state index contributed by atoms with van der Waals surface area (Å²) in [7, 11) is 1.57. The zero-order chi connectivity index (χ0) is 22.9. The first kappa shape index (κ1) is 21.0. The molecular weight excluding hydrogens is 460 g/mol. The summed E-state index contributed by atoms with van der Waals surface area (Å²) in [4.78, 5) is 40.6. The summed E-state index contributed by atoms with van der Waals surface area (Å²) in [6, 6.07) is 15.5. The molecule has 3 heterocycles. The predicted octanol–water partition coefficient (Wildman–Crippen LogP) is 4.32.